The van der Waals surface area contributed by atoms with Crippen LogP contribution in [0.2, 0.25) is 0 Å². The Balaban J connectivity index is 2.00. The first-order valence-corrected chi connectivity index (χ1v) is 17.9. The minimum Gasteiger partial charge on any atom is -0.223 e. The fourth-order valence-electron chi connectivity index (χ4n) is 3.97. The summed E-state index contributed by atoms with van der Waals surface area (Å²) in [5, 5.41) is 4.68. The van der Waals surface area contributed by atoms with Gasteiger partial charge in [0.15, 0.2) is 0 Å². The highest BCUT2D eigenvalue weighted by Crippen LogP contribution is 2.78. The summed E-state index contributed by atoms with van der Waals surface area (Å²) in [6.45, 7) is 2.16. The first-order chi connectivity index (χ1) is 15.5. The number of halogens is 1. The van der Waals surface area contributed by atoms with Gasteiger partial charge in [-0.2, -0.15) is 0 Å². The van der Waals surface area contributed by atoms with Gasteiger partial charge in [0.1, 0.15) is 20.3 Å². The Kier molecular flexibility index (Phi) is 5.99. The van der Waals surface area contributed by atoms with E-state index in [1.165, 1.54) is 21.2 Å². The van der Waals surface area contributed by atoms with Crippen molar-refractivity contribution < 1.29 is 0 Å². The van der Waals surface area contributed by atoms with E-state index in [2.05, 4.69) is 143 Å². The Bertz CT molecular complexity index is 1230. The molecule has 0 saturated heterocycles. The van der Waals surface area contributed by atoms with Gasteiger partial charge in [0, 0.05) is 21.2 Å². The van der Waals surface area contributed by atoms with E-state index in [1.807, 2.05) is 0 Å². The van der Waals surface area contributed by atoms with Crippen LogP contribution in [0.5, 0.6) is 0 Å². The Hall–Kier alpha value is -1.95. The second-order valence-corrected chi connectivity index (χ2v) is 19.9. The Morgan fingerprint density at radius 2 is 0.719 bits per heavy atom. The lowest BCUT2D eigenvalue weighted by Crippen LogP contribution is -2.20. The molecular weight excluding hydrogens is 515 g/mol. The van der Waals surface area contributed by atoms with Crippen molar-refractivity contribution in [1.29, 1.82) is 0 Å². The van der Waals surface area contributed by atoms with E-state index in [9.17, 15) is 0 Å². The van der Waals surface area contributed by atoms with Gasteiger partial charge < -0.3 is 0 Å². The molecule has 4 aromatic carbocycles. The number of nitrogens with zero attached hydrogens (tertiary/aromatic N) is 3. The molecule has 4 aromatic rings. The zero-order valence-corrected chi connectivity index (χ0v) is 21.9. The largest absolute Gasteiger partial charge is 0.223 e. The molecule has 0 aliphatic carbocycles. The van der Waals surface area contributed by atoms with Gasteiger partial charge in [-0.1, -0.05) is 121 Å². The van der Waals surface area contributed by atoms with Crippen LogP contribution in [-0.2, 0) is 0 Å². The fourth-order valence-corrected chi connectivity index (χ4v) is 20.6. The molecule has 1 heterocycles. The van der Waals surface area contributed by atoms with E-state index < -0.39 is 20.3 Å². The average molecular weight is 538 g/mol. The van der Waals surface area contributed by atoms with E-state index >= 15 is 0 Å². The topological polar surface area (TPSA) is 37.1 Å². The molecule has 1 aliphatic heterocycles. The summed E-state index contributed by atoms with van der Waals surface area (Å²) in [6.07, 6.45) is 0. The van der Waals surface area contributed by atoms with Crippen molar-refractivity contribution in [3.8, 4) is 0 Å². The predicted molar refractivity (Wildman–Crippen MR) is 147 cm³/mol. The summed E-state index contributed by atoms with van der Waals surface area (Å²) < 4.78 is 16.7. The molecule has 0 N–H and O–H groups in total. The van der Waals surface area contributed by atoms with Crippen LogP contribution in [0, 0.1) is 0 Å². The summed E-state index contributed by atoms with van der Waals surface area (Å²) >= 11 is 4.01. The van der Waals surface area contributed by atoms with E-state index in [0.29, 0.717) is 0 Å². The minimum atomic E-state index is -2.46. The third kappa shape index (κ3) is 3.95. The van der Waals surface area contributed by atoms with Crippen molar-refractivity contribution in [1.82, 2.24) is 0 Å². The third-order valence-corrected chi connectivity index (χ3v) is 18.7. The maximum Gasteiger partial charge on any atom is 0.140 e. The molecule has 32 heavy (non-hydrogen) atoms. The number of hydrogen-bond acceptors (Lipinski definition) is 3. The van der Waals surface area contributed by atoms with Crippen LogP contribution in [0.4, 0.5) is 0 Å². The fraction of sp³-hybridized carbons (Fsp3) is 0.0400. The SMILES string of the molecule is CP1(Br)=NP(c2ccccc2)(c2ccccc2)=NP(c2ccccc2)(c2ccccc2)=N1. The number of benzene rings is 4. The highest BCUT2D eigenvalue weighted by molar-refractivity contribution is 9.40. The van der Waals surface area contributed by atoms with Crippen LogP contribution in [0.1, 0.15) is 0 Å². The Morgan fingerprint density at radius 3 is 1.03 bits per heavy atom. The van der Waals surface area contributed by atoms with Gasteiger partial charge in [-0.05, 0) is 22.2 Å². The van der Waals surface area contributed by atoms with Crippen molar-refractivity contribution in [3.05, 3.63) is 121 Å². The highest BCUT2D eigenvalue weighted by Gasteiger charge is 2.38. The van der Waals surface area contributed by atoms with E-state index in [1.54, 1.807) is 0 Å². The highest BCUT2D eigenvalue weighted by atomic mass is 79.9. The van der Waals surface area contributed by atoms with Crippen LogP contribution in [0.15, 0.2) is 135 Å². The van der Waals surface area contributed by atoms with E-state index in [-0.39, 0.29) is 0 Å². The van der Waals surface area contributed by atoms with Crippen LogP contribution >= 0.6 is 35.8 Å². The van der Waals surface area contributed by atoms with Crippen LogP contribution in [-0.4, -0.2) is 6.66 Å². The summed E-state index contributed by atoms with van der Waals surface area (Å²) in [5.41, 5.74) is 0. The third-order valence-electron chi connectivity index (χ3n) is 5.31. The molecule has 1 atom stereocenters. The monoisotopic (exact) mass is 537 g/mol. The van der Waals surface area contributed by atoms with Crippen molar-refractivity contribution in [2.45, 2.75) is 0 Å². The molecule has 5 rings (SSSR count). The smallest absolute Gasteiger partial charge is 0.140 e. The second kappa shape index (κ2) is 8.77. The summed E-state index contributed by atoms with van der Waals surface area (Å²) in [7, 11) is -4.92. The molecule has 0 amide bonds. The van der Waals surface area contributed by atoms with Crippen molar-refractivity contribution in [2.75, 3.05) is 6.66 Å². The lowest BCUT2D eigenvalue weighted by molar-refractivity contribution is 1.63. The van der Waals surface area contributed by atoms with Gasteiger partial charge in [-0.25, -0.2) is 13.5 Å². The Labute approximate surface area is 198 Å². The standard InChI is InChI=1S/C25H23BrN3P3/c1-30(26)27-31(22-14-6-2-7-15-22,23-16-8-3-9-17-23)29-32(28-30,24-18-10-4-11-19-24)25-20-12-5-13-21-25/h2-21H,1H3. The summed E-state index contributed by atoms with van der Waals surface area (Å²) in [4.78, 5) is 0. The molecule has 0 spiro atoms. The Morgan fingerprint density at radius 1 is 0.438 bits per heavy atom. The molecule has 3 nitrogen and oxygen atoms in total. The molecule has 0 bridgehead atoms. The van der Waals surface area contributed by atoms with Gasteiger partial charge in [-0.15, -0.1) is 0 Å². The summed E-state index contributed by atoms with van der Waals surface area (Å²) in [5.74, 6) is -2.17. The normalized spacial score (nSPS) is 20.9. The molecule has 7 heteroatoms. The second-order valence-electron chi connectivity index (χ2n) is 7.62. The molecule has 1 unspecified atom stereocenters. The number of hydrogen-bond donors (Lipinski definition) is 0. The zero-order chi connectivity index (χ0) is 22.1. The lowest BCUT2D eigenvalue weighted by Gasteiger charge is -2.34. The quantitative estimate of drug-likeness (QED) is 0.240. The average Bonchev–Trinajstić information content (AvgIpc) is 2.85. The van der Waals surface area contributed by atoms with Gasteiger partial charge >= 0.3 is 0 Å². The van der Waals surface area contributed by atoms with Gasteiger partial charge in [0.2, 0.25) is 0 Å². The predicted octanol–water partition coefficient (Wildman–Crippen LogP) is 7.59. The van der Waals surface area contributed by atoms with Crippen molar-refractivity contribution in [2.24, 2.45) is 13.5 Å². The molecule has 160 valence electrons. The first-order valence-electron chi connectivity index (χ1n) is 10.4. The van der Waals surface area contributed by atoms with E-state index in [4.69, 9.17) is 13.5 Å². The maximum atomic E-state index is 5.81. The van der Waals surface area contributed by atoms with Crippen LogP contribution in [0.25, 0.3) is 0 Å². The van der Waals surface area contributed by atoms with Crippen LogP contribution < -0.4 is 21.2 Å². The van der Waals surface area contributed by atoms with Crippen LogP contribution in [0.3, 0.4) is 0 Å². The van der Waals surface area contributed by atoms with Gasteiger partial charge in [-0.3, -0.25) is 0 Å². The molecule has 0 aromatic heterocycles. The number of rotatable bonds is 4. The zero-order valence-electron chi connectivity index (χ0n) is 17.6. The first kappa shape index (κ1) is 21.9. The van der Waals surface area contributed by atoms with E-state index in [0.717, 1.165) is 0 Å². The molecule has 0 radical (unpaired) electrons. The molecule has 0 fully saturated rings. The maximum absolute atomic E-state index is 5.81. The molecule has 0 saturated carbocycles. The molecular formula is C25H23BrN3P3. The van der Waals surface area contributed by atoms with Gasteiger partial charge in [0.25, 0.3) is 0 Å². The lowest BCUT2D eigenvalue weighted by atomic mass is 10.4. The van der Waals surface area contributed by atoms with Crippen molar-refractivity contribution in [3.63, 3.8) is 0 Å². The summed E-state index contributed by atoms with van der Waals surface area (Å²) in [6, 6.07) is 42.3. The molecule has 1 aliphatic rings. The minimum absolute atomic E-state index is 1.17. The van der Waals surface area contributed by atoms with Gasteiger partial charge in [0.05, 0.1) is 0 Å². The van der Waals surface area contributed by atoms with Crippen molar-refractivity contribution >= 4 is 57.0 Å².